The molecule has 0 spiro atoms. The third-order valence-electron chi connectivity index (χ3n) is 4.30. The summed E-state index contributed by atoms with van der Waals surface area (Å²) in [5.74, 6) is -0.198. The number of ether oxygens (including phenoxy) is 1. The van der Waals surface area contributed by atoms with E-state index in [9.17, 15) is 4.79 Å². The lowest BCUT2D eigenvalue weighted by Crippen LogP contribution is -2.27. The minimum absolute atomic E-state index is 0.0949. The predicted molar refractivity (Wildman–Crippen MR) is 81.1 cm³/mol. The van der Waals surface area contributed by atoms with Crippen LogP contribution in [-0.2, 0) is 17.7 Å². The molecule has 0 bridgehead atoms. The van der Waals surface area contributed by atoms with E-state index < -0.39 is 0 Å². The number of hydrogen-bond donors (Lipinski definition) is 1. The van der Waals surface area contributed by atoms with Crippen LogP contribution < -0.4 is 5.73 Å². The fraction of sp³-hybridized carbons (Fsp3) is 0.667. The Bertz CT molecular complexity index is 506. The Kier molecular flexibility index (Phi) is 3.98. The first-order valence-electron chi connectivity index (χ1n) is 7.44. The summed E-state index contributed by atoms with van der Waals surface area (Å²) in [6.45, 7) is 1.87. The van der Waals surface area contributed by atoms with Gasteiger partial charge in [-0.25, -0.2) is 4.79 Å². The summed E-state index contributed by atoms with van der Waals surface area (Å²) in [5.41, 5.74) is 7.86. The normalized spacial score (nSPS) is 20.6. The quantitative estimate of drug-likeness (QED) is 0.852. The van der Waals surface area contributed by atoms with Crippen molar-refractivity contribution in [2.45, 2.75) is 51.2 Å². The summed E-state index contributed by atoms with van der Waals surface area (Å²) in [6, 6.07) is 0. The van der Waals surface area contributed by atoms with Gasteiger partial charge in [-0.2, -0.15) is 0 Å². The minimum atomic E-state index is -0.198. The van der Waals surface area contributed by atoms with Crippen molar-refractivity contribution in [3.05, 3.63) is 16.0 Å². The van der Waals surface area contributed by atoms with Gasteiger partial charge in [-0.3, -0.25) is 0 Å². The number of nitrogens with zero attached hydrogens (tertiary/aromatic N) is 1. The molecule has 1 fully saturated rings. The van der Waals surface area contributed by atoms with Crippen LogP contribution in [-0.4, -0.2) is 30.6 Å². The van der Waals surface area contributed by atoms with Crippen LogP contribution in [0.3, 0.4) is 0 Å². The van der Waals surface area contributed by atoms with Gasteiger partial charge in [-0.15, -0.1) is 11.3 Å². The first kappa shape index (κ1) is 13.9. The van der Waals surface area contributed by atoms with E-state index in [4.69, 9.17) is 10.5 Å². The van der Waals surface area contributed by atoms with Gasteiger partial charge in [-0.1, -0.05) is 6.42 Å². The van der Waals surface area contributed by atoms with Crippen LogP contribution in [0.25, 0.3) is 0 Å². The maximum atomic E-state index is 12.4. The fourth-order valence-corrected chi connectivity index (χ4v) is 4.36. The van der Waals surface area contributed by atoms with E-state index in [-0.39, 0.29) is 12.1 Å². The second-order valence-electron chi connectivity index (χ2n) is 5.90. The Morgan fingerprint density at radius 1 is 1.35 bits per heavy atom. The SMILES string of the molecule is CN1CCc2c(sc(N)c2C(=O)OC2CCCCC2)C1. The molecule has 1 aliphatic heterocycles. The van der Waals surface area contributed by atoms with Crippen molar-refractivity contribution < 1.29 is 9.53 Å². The Hall–Kier alpha value is -1.07. The molecule has 0 amide bonds. The van der Waals surface area contributed by atoms with Crippen LogP contribution in [0.4, 0.5) is 5.00 Å². The summed E-state index contributed by atoms with van der Waals surface area (Å²) in [5, 5.41) is 0.631. The number of nitrogen functional groups attached to an aromatic ring is 1. The van der Waals surface area contributed by atoms with Gasteiger partial charge in [0, 0.05) is 18.0 Å². The number of hydrogen-bond acceptors (Lipinski definition) is 5. The molecule has 4 nitrogen and oxygen atoms in total. The van der Waals surface area contributed by atoms with Crippen LogP contribution in [0.15, 0.2) is 0 Å². The smallest absolute Gasteiger partial charge is 0.341 e. The van der Waals surface area contributed by atoms with Crippen LogP contribution in [0.5, 0.6) is 0 Å². The van der Waals surface area contributed by atoms with E-state index in [1.165, 1.54) is 24.1 Å². The van der Waals surface area contributed by atoms with Crippen LogP contribution >= 0.6 is 11.3 Å². The average molecular weight is 294 g/mol. The standard InChI is InChI=1S/C15H22N2O2S/c1-17-8-7-11-12(9-17)20-14(16)13(11)15(18)19-10-5-3-2-4-6-10/h10H,2-9,16H2,1H3. The molecule has 0 unspecified atom stereocenters. The second kappa shape index (κ2) is 5.74. The molecule has 2 N–H and O–H groups in total. The maximum absolute atomic E-state index is 12.4. The average Bonchev–Trinajstić information content (AvgIpc) is 2.74. The summed E-state index contributed by atoms with van der Waals surface area (Å²) < 4.78 is 5.68. The summed E-state index contributed by atoms with van der Waals surface area (Å²) >= 11 is 1.55. The molecule has 2 heterocycles. The van der Waals surface area contributed by atoms with Crippen molar-refractivity contribution in [2.24, 2.45) is 0 Å². The van der Waals surface area contributed by atoms with Gasteiger partial charge >= 0.3 is 5.97 Å². The van der Waals surface area contributed by atoms with Crippen molar-refractivity contribution in [1.29, 1.82) is 0 Å². The van der Waals surface area contributed by atoms with E-state index in [1.807, 2.05) is 0 Å². The number of anilines is 1. The fourth-order valence-electron chi connectivity index (χ4n) is 3.17. The van der Waals surface area contributed by atoms with Gasteiger partial charge in [-0.05, 0) is 44.7 Å². The largest absolute Gasteiger partial charge is 0.459 e. The first-order chi connectivity index (χ1) is 9.65. The van der Waals surface area contributed by atoms with Crippen LogP contribution in [0.2, 0.25) is 0 Å². The van der Waals surface area contributed by atoms with E-state index in [1.54, 1.807) is 11.3 Å². The van der Waals surface area contributed by atoms with Gasteiger partial charge in [0.25, 0.3) is 0 Å². The molecule has 3 rings (SSSR count). The van der Waals surface area contributed by atoms with Gasteiger partial charge in [0.15, 0.2) is 0 Å². The first-order valence-corrected chi connectivity index (χ1v) is 8.26. The van der Waals surface area contributed by atoms with Gasteiger partial charge in [0.1, 0.15) is 11.1 Å². The molecular formula is C15H22N2O2S. The van der Waals surface area contributed by atoms with Crippen LogP contribution in [0.1, 0.15) is 52.9 Å². The van der Waals surface area contributed by atoms with E-state index >= 15 is 0 Å². The van der Waals surface area contributed by atoms with Crippen molar-refractivity contribution >= 4 is 22.3 Å². The zero-order valence-electron chi connectivity index (χ0n) is 12.0. The zero-order valence-corrected chi connectivity index (χ0v) is 12.8. The topological polar surface area (TPSA) is 55.6 Å². The molecule has 0 atom stereocenters. The third kappa shape index (κ3) is 2.69. The monoisotopic (exact) mass is 294 g/mol. The number of esters is 1. The number of fused-ring (bicyclic) bond motifs is 1. The molecule has 110 valence electrons. The highest BCUT2D eigenvalue weighted by Gasteiger charge is 2.28. The van der Waals surface area contributed by atoms with Gasteiger partial charge < -0.3 is 15.4 Å². The lowest BCUT2D eigenvalue weighted by molar-refractivity contribution is 0.0211. The Labute approximate surface area is 123 Å². The molecule has 0 saturated heterocycles. The van der Waals surface area contributed by atoms with Crippen molar-refractivity contribution in [3.63, 3.8) is 0 Å². The minimum Gasteiger partial charge on any atom is -0.459 e. The second-order valence-corrected chi connectivity index (χ2v) is 7.03. The van der Waals surface area contributed by atoms with E-state index in [0.717, 1.165) is 37.9 Å². The van der Waals surface area contributed by atoms with Crippen molar-refractivity contribution in [2.75, 3.05) is 19.3 Å². The molecule has 5 heteroatoms. The van der Waals surface area contributed by atoms with E-state index in [0.29, 0.717) is 10.6 Å². The van der Waals surface area contributed by atoms with E-state index in [2.05, 4.69) is 11.9 Å². The molecule has 1 aromatic rings. The molecule has 1 aliphatic carbocycles. The molecule has 1 saturated carbocycles. The van der Waals surface area contributed by atoms with Crippen molar-refractivity contribution in [1.82, 2.24) is 4.90 Å². The zero-order chi connectivity index (χ0) is 14.1. The lowest BCUT2D eigenvalue weighted by Gasteiger charge is -2.24. The summed E-state index contributed by atoms with van der Waals surface area (Å²) in [4.78, 5) is 15.9. The summed E-state index contributed by atoms with van der Waals surface area (Å²) in [6.07, 6.45) is 6.59. The third-order valence-corrected chi connectivity index (χ3v) is 5.35. The Morgan fingerprint density at radius 2 is 2.10 bits per heavy atom. The molecule has 20 heavy (non-hydrogen) atoms. The van der Waals surface area contributed by atoms with Crippen LogP contribution in [0, 0.1) is 0 Å². The lowest BCUT2D eigenvalue weighted by atomic mass is 9.97. The number of likely N-dealkylation sites (N-methyl/N-ethyl adjacent to an activating group) is 1. The van der Waals surface area contributed by atoms with Crippen molar-refractivity contribution in [3.8, 4) is 0 Å². The highest BCUT2D eigenvalue weighted by molar-refractivity contribution is 7.16. The Morgan fingerprint density at radius 3 is 2.85 bits per heavy atom. The number of rotatable bonds is 2. The number of carbonyl (C=O) groups excluding carboxylic acids is 1. The molecule has 0 radical (unpaired) electrons. The maximum Gasteiger partial charge on any atom is 0.341 e. The molecular weight excluding hydrogens is 272 g/mol. The Balaban J connectivity index is 1.77. The number of nitrogens with two attached hydrogens (primary N) is 1. The highest BCUT2D eigenvalue weighted by atomic mass is 32.1. The summed E-state index contributed by atoms with van der Waals surface area (Å²) in [7, 11) is 2.10. The number of carbonyl (C=O) groups is 1. The molecule has 2 aliphatic rings. The highest BCUT2D eigenvalue weighted by Crippen LogP contribution is 2.36. The number of thiophene rings is 1. The van der Waals surface area contributed by atoms with Gasteiger partial charge in [0.2, 0.25) is 0 Å². The predicted octanol–water partition coefficient (Wildman–Crippen LogP) is 2.81. The molecule has 0 aromatic carbocycles. The molecule has 1 aromatic heterocycles. The van der Waals surface area contributed by atoms with Gasteiger partial charge in [0.05, 0.1) is 5.56 Å².